The Kier molecular flexibility index (Phi) is 4.57. The predicted octanol–water partition coefficient (Wildman–Crippen LogP) is 2.59. The third kappa shape index (κ3) is 3.54. The van der Waals surface area contributed by atoms with Crippen LogP contribution in [0.15, 0.2) is 36.9 Å². The first-order valence-electron chi connectivity index (χ1n) is 9.34. The van der Waals surface area contributed by atoms with Crippen molar-refractivity contribution in [3.63, 3.8) is 0 Å². The summed E-state index contributed by atoms with van der Waals surface area (Å²) in [4.78, 5) is 29.5. The molecule has 0 unspecified atom stereocenters. The van der Waals surface area contributed by atoms with Crippen molar-refractivity contribution in [3.8, 4) is 0 Å². The second kappa shape index (κ2) is 7.02. The van der Waals surface area contributed by atoms with Crippen molar-refractivity contribution in [3.05, 3.63) is 48.2 Å². The summed E-state index contributed by atoms with van der Waals surface area (Å²) in [6.07, 6.45) is 9.12. The Morgan fingerprint density at radius 1 is 1.12 bits per heavy atom. The number of anilines is 1. The van der Waals surface area contributed by atoms with Gasteiger partial charge in [-0.1, -0.05) is 0 Å². The summed E-state index contributed by atoms with van der Waals surface area (Å²) in [6.45, 7) is 5.55. The molecule has 0 saturated carbocycles. The second-order valence-electron chi connectivity index (χ2n) is 7.61. The first-order chi connectivity index (χ1) is 12.6. The maximum absolute atomic E-state index is 12.4. The molecule has 0 aromatic carbocycles. The highest BCUT2D eigenvalue weighted by Crippen LogP contribution is 2.41. The number of hydrogen-bond donors (Lipinski definition) is 0. The average molecular weight is 351 g/mol. The van der Waals surface area contributed by atoms with Gasteiger partial charge in [0.05, 0.1) is 0 Å². The molecule has 2 saturated heterocycles. The van der Waals surface area contributed by atoms with Gasteiger partial charge >= 0.3 is 0 Å². The molecule has 136 valence electrons. The second-order valence-corrected chi connectivity index (χ2v) is 7.61. The van der Waals surface area contributed by atoms with Gasteiger partial charge in [0.2, 0.25) is 5.91 Å². The quantitative estimate of drug-likeness (QED) is 0.850. The van der Waals surface area contributed by atoms with Crippen molar-refractivity contribution in [2.24, 2.45) is 5.41 Å². The number of rotatable bonds is 3. The first kappa shape index (κ1) is 16.9. The minimum Gasteiger partial charge on any atom is -0.356 e. The lowest BCUT2D eigenvalue weighted by Crippen LogP contribution is -2.51. The van der Waals surface area contributed by atoms with E-state index in [1.165, 1.54) is 0 Å². The van der Waals surface area contributed by atoms with Crippen molar-refractivity contribution < 1.29 is 4.79 Å². The fourth-order valence-electron chi connectivity index (χ4n) is 4.19. The monoisotopic (exact) mass is 351 g/mol. The van der Waals surface area contributed by atoms with Crippen LogP contribution in [-0.2, 0) is 11.3 Å². The van der Waals surface area contributed by atoms with Crippen LogP contribution in [0.1, 0.15) is 36.9 Å². The van der Waals surface area contributed by atoms with Gasteiger partial charge in [0.15, 0.2) is 0 Å². The fourth-order valence-corrected chi connectivity index (χ4v) is 4.19. The number of likely N-dealkylation sites (tertiary alicyclic amines) is 1. The molecule has 4 heterocycles. The van der Waals surface area contributed by atoms with Crippen LogP contribution in [0.25, 0.3) is 0 Å². The van der Waals surface area contributed by atoms with Crippen LogP contribution in [0.4, 0.5) is 5.82 Å². The lowest BCUT2D eigenvalue weighted by molar-refractivity contribution is -0.139. The fraction of sp³-hybridized carbons (Fsp3) is 0.500. The number of aryl methyl sites for hydroxylation is 1. The van der Waals surface area contributed by atoms with E-state index in [9.17, 15) is 4.79 Å². The van der Waals surface area contributed by atoms with E-state index in [4.69, 9.17) is 0 Å². The number of carbonyl (C=O) groups is 1. The van der Waals surface area contributed by atoms with E-state index in [0.717, 1.165) is 56.0 Å². The van der Waals surface area contributed by atoms with Crippen LogP contribution in [0.3, 0.4) is 0 Å². The zero-order valence-electron chi connectivity index (χ0n) is 15.3. The predicted molar refractivity (Wildman–Crippen MR) is 99.5 cm³/mol. The summed E-state index contributed by atoms with van der Waals surface area (Å²) in [7, 11) is 0. The number of aromatic nitrogens is 3. The van der Waals surface area contributed by atoms with Crippen LogP contribution >= 0.6 is 0 Å². The largest absolute Gasteiger partial charge is 0.356 e. The number of nitrogens with zero attached hydrogens (tertiary/aromatic N) is 5. The van der Waals surface area contributed by atoms with Crippen molar-refractivity contribution in [1.82, 2.24) is 19.9 Å². The molecular formula is C20H25N5O. The highest BCUT2D eigenvalue weighted by Gasteiger charge is 2.41. The third-order valence-electron chi connectivity index (χ3n) is 5.81. The molecule has 0 radical (unpaired) electrons. The molecule has 2 aromatic rings. The zero-order chi connectivity index (χ0) is 18.0. The summed E-state index contributed by atoms with van der Waals surface area (Å²) in [5.74, 6) is 1.30. The zero-order valence-corrected chi connectivity index (χ0v) is 15.3. The van der Waals surface area contributed by atoms with E-state index in [0.29, 0.717) is 13.0 Å². The standard InChI is InChI=1S/C20H25N5O/c1-16-12-18(23-15-22-16)24-10-6-20(7-11-24)5-2-19(26)25(14-20)13-17-3-8-21-9-4-17/h3-4,8-9,12,15H,2,5-7,10-11,13-14H2,1H3. The van der Waals surface area contributed by atoms with Gasteiger partial charge in [-0.05, 0) is 49.3 Å². The van der Waals surface area contributed by atoms with E-state index in [1.54, 1.807) is 18.7 Å². The molecule has 0 bridgehead atoms. The molecular weight excluding hydrogens is 326 g/mol. The van der Waals surface area contributed by atoms with Crippen molar-refractivity contribution in [1.29, 1.82) is 0 Å². The van der Waals surface area contributed by atoms with Gasteiger partial charge in [0, 0.05) is 56.8 Å². The molecule has 0 atom stereocenters. The van der Waals surface area contributed by atoms with E-state index in [2.05, 4.69) is 25.9 Å². The number of hydrogen-bond acceptors (Lipinski definition) is 5. The smallest absolute Gasteiger partial charge is 0.222 e. The van der Waals surface area contributed by atoms with Gasteiger partial charge in [0.25, 0.3) is 0 Å². The maximum atomic E-state index is 12.4. The summed E-state index contributed by atoms with van der Waals surface area (Å²) in [5.41, 5.74) is 2.40. The van der Waals surface area contributed by atoms with E-state index in [-0.39, 0.29) is 11.3 Å². The van der Waals surface area contributed by atoms with Crippen molar-refractivity contribution in [2.75, 3.05) is 24.5 Å². The number of pyridine rings is 1. The average Bonchev–Trinajstić information content (AvgIpc) is 2.66. The third-order valence-corrected chi connectivity index (χ3v) is 5.81. The normalized spacial score (nSPS) is 19.8. The Morgan fingerprint density at radius 2 is 1.88 bits per heavy atom. The SMILES string of the molecule is Cc1cc(N2CCC3(CCC(=O)N(Cc4ccncc4)C3)CC2)ncn1. The summed E-state index contributed by atoms with van der Waals surface area (Å²) in [6, 6.07) is 6.04. The van der Waals surface area contributed by atoms with Gasteiger partial charge in [-0.3, -0.25) is 9.78 Å². The maximum Gasteiger partial charge on any atom is 0.222 e. The van der Waals surface area contributed by atoms with E-state index in [1.807, 2.05) is 24.0 Å². The Balaban J connectivity index is 1.42. The van der Waals surface area contributed by atoms with Crippen molar-refractivity contribution in [2.45, 2.75) is 39.2 Å². The molecule has 6 nitrogen and oxygen atoms in total. The Labute approximate surface area is 154 Å². The van der Waals surface area contributed by atoms with Crippen LogP contribution in [0.2, 0.25) is 0 Å². The lowest BCUT2D eigenvalue weighted by Gasteiger charge is -2.47. The molecule has 4 rings (SSSR count). The Hall–Kier alpha value is -2.50. The van der Waals surface area contributed by atoms with Crippen LogP contribution in [-0.4, -0.2) is 45.4 Å². The molecule has 2 fully saturated rings. The number of piperidine rings is 2. The molecule has 0 N–H and O–H groups in total. The van der Waals surface area contributed by atoms with Gasteiger partial charge in [0.1, 0.15) is 12.1 Å². The first-order valence-corrected chi connectivity index (χ1v) is 9.34. The van der Waals surface area contributed by atoms with Gasteiger partial charge in [-0.2, -0.15) is 0 Å². The van der Waals surface area contributed by atoms with Gasteiger partial charge in [-0.15, -0.1) is 0 Å². The summed E-state index contributed by atoms with van der Waals surface area (Å²) >= 11 is 0. The topological polar surface area (TPSA) is 62.2 Å². The number of carbonyl (C=O) groups excluding carboxylic acids is 1. The van der Waals surface area contributed by atoms with Crippen LogP contribution in [0, 0.1) is 12.3 Å². The molecule has 6 heteroatoms. The van der Waals surface area contributed by atoms with E-state index < -0.39 is 0 Å². The van der Waals surface area contributed by atoms with Gasteiger partial charge in [-0.25, -0.2) is 9.97 Å². The van der Waals surface area contributed by atoms with Crippen LogP contribution in [0.5, 0.6) is 0 Å². The van der Waals surface area contributed by atoms with E-state index >= 15 is 0 Å². The number of amides is 1. The molecule has 2 aromatic heterocycles. The molecule has 2 aliphatic heterocycles. The molecule has 26 heavy (non-hydrogen) atoms. The summed E-state index contributed by atoms with van der Waals surface area (Å²) in [5, 5.41) is 0. The molecule has 1 spiro atoms. The van der Waals surface area contributed by atoms with Crippen molar-refractivity contribution >= 4 is 11.7 Å². The van der Waals surface area contributed by atoms with Crippen LogP contribution < -0.4 is 4.90 Å². The minimum absolute atomic E-state index is 0.250. The minimum atomic E-state index is 0.250. The summed E-state index contributed by atoms with van der Waals surface area (Å²) < 4.78 is 0. The van der Waals surface area contributed by atoms with Gasteiger partial charge < -0.3 is 9.80 Å². The molecule has 1 amide bonds. The highest BCUT2D eigenvalue weighted by molar-refractivity contribution is 5.77. The molecule has 0 aliphatic carbocycles. The molecule has 2 aliphatic rings. The Bertz CT molecular complexity index is 771. The highest BCUT2D eigenvalue weighted by atomic mass is 16.2. The lowest BCUT2D eigenvalue weighted by atomic mass is 9.72. The Morgan fingerprint density at radius 3 is 2.62 bits per heavy atom.